The van der Waals surface area contributed by atoms with Crippen LogP contribution in [0.5, 0.6) is 0 Å². The Kier molecular flexibility index (Phi) is 3.15. The molecule has 0 aromatic heterocycles. The maximum Gasteiger partial charge on any atom is 0.341 e. The third-order valence-electron chi connectivity index (χ3n) is 3.12. The summed E-state index contributed by atoms with van der Waals surface area (Å²) >= 11 is 0. The Labute approximate surface area is 99.2 Å². The molecule has 0 unspecified atom stereocenters. The first-order valence-electron chi connectivity index (χ1n) is 5.69. The number of carbonyl (C=O) groups excluding carboxylic acids is 1. The summed E-state index contributed by atoms with van der Waals surface area (Å²) in [6.07, 6.45) is -0.294. The molecule has 4 heteroatoms. The van der Waals surface area contributed by atoms with Gasteiger partial charge in [-0.2, -0.15) is 4.39 Å². The fourth-order valence-electron chi connectivity index (χ4n) is 2.05. The average molecular weight is 238 g/mol. The van der Waals surface area contributed by atoms with Gasteiger partial charge in [0.15, 0.2) is 0 Å². The molecule has 0 spiro atoms. The van der Waals surface area contributed by atoms with Crippen molar-refractivity contribution in [1.82, 2.24) is 0 Å². The van der Waals surface area contributed by atoms with Gasteiger partial charge in [-0.15, -0.1) is 0 Å². The SMILES string of the molecule is Cc1ccccc1C(=O)O[C@]1(F)CCC[C@@H]1O. The largest absolute Gasteiger partial charge is 0.422 e. The molecule has 0 aliphatic heterocycles. The Bertz CT molecular complexity index is 432. The Morgan fingerprint density at radius 3 is 2.82 bits per heavy atom. The van der Waals surface area contributed by atoms with E-state index in [4.69, 9.17) is 4.74 Å². The minimum Gasteiger partial charge on any atom is -0.422 e. The number of hydrogen-bond acceptors (Lipinski definition) is 3. The molecule has 17 heavy (non-hydrogen) atoms. The molecule has 0 bridgehead atoms. The normalized spacial score (nSPS) is 28.1. The van der Waals surface area contributed by atoms with Crippen molar-refractivity contribution < 1.29 is 19.0 Å². The quantitative estimate of drug-likeness (QED) is 0.804. The first-order valence-corrected chi connectivity index (χ1v) is 5.69. The van der Waals surface area contributed by atoms with Gasteiger partial charge in [-0.3, -0.25) is 0 Å². The maximum atomic E-state index is 14.1. The molecule has 1 aliphatic carbocycles. The van der Waals surface area contributed by atoms with E-state index in [1.165, 1.54) is 0 Å². The van der Waals surface area contributed by atoms with Gasteiger partial charge in [0.05, 0.1) is 5.56 Å². The minimum absolute atomic E-state index is 0.0613. The molecule has 0 saturated heterocycles. The smallest absolute Gasteiger partial charge is 0.341 e. The minimum atomic E-state index is -2.22. The van der Waals surface area contributed by atoms with Crippen LogP contribution in [0.2, 0.25) is 0 Å². The van der Waals surface area contributed by atoms with Crippen molar-refractivity contribution in [2.75, 3.05) is 0 Å². The van der Waals surface area contributed by atoms with Gasteiger partial charge in [-0.25, -0.2) is 4.79 Å². The van der Waals surface area contributed by atoms with Crippen molar-refractivity contribution in [2.24, 2.45) is 0 Å². The van der Waals surface area contributed by atoms with Crippen LogP contribution >= 0.6 is 0 Å². The fraction of sp³-hybridized carbons (Fsp3) is 0.462. The van der Waals surface area contributed by atoms with Gasteiger partial charge in [0.2, 0.25) is 0 Å². The number of hydrogen-bond donors (Lipinski definition) is 1. The summed E-state index contributed by atoms with van der Waals surface area (Å²) < 4.78 is 18.9. The van der Waals surface area contributed by atoms with Crippen LogP contribution in [0, 0.1) is 6.92 Å². The summed E-state index contributed by atoms with van der Waals surface area (Å²) in [4.78, 5) is 11.8. The van der Waals surface area contributed by atoms with Crippen LogP contribution in [0.25, 0.3) is 0 Å². The standard InChI is InChI=1S/C13H15FO3/c1-9-5-2-3-6-10(9)12(16)17-13(14)8-4-7-11(13)15/h2-3,5-6,11,15H,4,7-8H2,1H3/t11-,13+/m0/s1. The van der Waals surface area contributed by atoms with Gasteiger partial charge >= 0.3 is 5.97 Å². The van der Waals surface area contributed by atoms with Crippen molar-refractivity contribution in [1.29, 1.82) is 0 Å². The predicted molar refractivity (Wildman–Crippen MR) is 60.3 cm³/mol. The first-order chi connectivity index (χ1) is 8.03. The van der Waals surface area contributed by atoms with E-state index in [0.29, 0.717) is 18.4 Å². The lowest BCUT2D eigenvalue weighted by Crippen LogP contribution is -2.37. The van der Waals surface area contributed by atoms with Crippen LogP contribution < -0.4 is 0 Å². The molecule has 1 fully saturated rings. The number of ether oxygens (including phenoxy) is 1. The topological polar surface area (TPSA) is 46.5 Å². The summed E-state index contributed by atoms with van der Waals surface area (Å²) in [5.74, 6) is -2.94. The highest BCUT2D eigenvalue weighted by Crippen LogP contribution is 2.35. The number of rotatable bonds is 2. The van der Waals surface area contributed by atoms with Gasteiger partial charge in [0.1, 0.15) is 6.10 Å². The summed E-state index contributed by atoms with van der Waals surface area (Å²) in [5.41, 5.74) is 1.07. The Morgan fingerprint density at radius 1 is 1.53 bits per heavy atom. The number of aliphatic hydroxyl groups is 1. The number of benzene rings is 1. The van der Waals surface area contributed by atoms with E-state index in [-0.39, 0.29) is 6.42 Å². The zero-order valence-corrected chi connectivity index (χ0v) is 9.65. The molecule has 1 aromatic rings. The molecule has 0 radical (unpaired) electrons. The van der Waals surface area contributed by atoms with E-state index < -0.39 is 17.9 Å². The van der Waals surface area contributed by atoms with E-state index in [1.54, 1.807) is 31.2 Å². The van der Waals surface area contributed by atoms with Crippen LogP contribution in [0.1, 0.15) is 35.2 Å². The lowest BCUT2D eigenvalue weighted by Gasteiger charge is -2.23. The zero-order chi connectivity index (χ0) is 12.5. The highest BCUT2D eigenvalue weighted by atomic mass is 19.2. The molecule has 0 heterocycles. The summed E-state index contributed by atoms with van der Waals surface area (Å²) in [6.45, 7) is 1.76. The van der Waals surface area contributed by atoms with Crippen LogP contribution in [-0.4, -0.2) is 23.0 Å². The highest BCUT2D eigenvalue weighted by Gasteiger charge is 2.46. The molecule has 1 aliphatic rings. The molecular formula is C13H15FO3. The van der Waals surface area contributed by atoms with E-state index in [1.807, 2.05) is 0 Å². The van der Waals surface area contributed by atoms with E-state index in [0.717, 1.165) is 5.56 Å². The van der Waals surface area contributed by atoms with Gasteiger partial charge in [0, 0.05) is 6.42 Å². The monoisotopic (exact) mass is 238 g/mol. The van der Waals surface area contributed by atoms with E-state index in [2.05, 4.69) is 0 Å². The van der Waals surface area contributed by atoms with Gasteiger partial charge in [0.25, 0.3) is 5.85 Å². The van der Waals surface area contributed by atoms with Crippen molar-refractivity contribution in [3.63, 3.8) is 0 Å². The molecule has 1 N–H and O–H groups in total. The van der Waals surface area contributed by atoms with Crippen LogP contribution in [0.15, 0.2) is 24.3 Å². The third kappa shape index (κ3) is 2.31. The second kappa shape index (κ2) is 4.45. The number of aliphatic hydroxyl groups excluding tert-OH is 1. The highest BCUT2D eigenvalue weighted by molar-refractivity contribution is 5.91. The predicted octanol–water partition coefficient (Wildman–Crippen LogP) is 2.36. The first kappa shape index (κ1) is 12.0. The maximum absolute atomic E-state index is 14.1. The Hall–Kier alpha value is -1.42. The number of carbonyl (C=O) groups is 1. The van der Waals surface area contributed by atoms with Crippen LogP contribution in [0.3, 0.4) is 0 Å². The third-order valence-corrected chi connectivity index (χ3v) is 3.12. The molecular weight excluding hydrogens is 223 g/mol. The van der Waals surface area contributed by atoms with Crippen molar-refractivity contribution in [3.8, 4) is 0 Å². The molecule has 1 saturated carbocycles. The zero-order valence-electron chi connectivity index (χ0n) is 9.65. The van der Waals surface area contributed by atoms with Gasteiger partial charge < -0.3 is 9.84 Å². The Balaban J connectivity index is 2.15. The molecule has 2 atom stereocenters. The summed E-state index contributed by atoms with van der Waals surface area (Å²) in [6, 6.07) is 6.83. The fourth-order valence-corrected chi connectivity index (χ4v) is 2.05. The molecule has 0 amide bonds. The summed E-state index contributed by atoms with van der Waals surface area (Å²) in [5, 5.41) is 9.46. The van der Waals surface area contributed by atoms with E-state index >= 15 is 0 Å². The lowest BCUT2D eigenvalue weighted by atomic mass is 10.1. The van der Waals surface area contributed by atoms with Crippen molar-refractivity contribution in [2.45, 2.75) is 38.1 Å². The molecule has 3 nitrogen and oxygen atoms in total. The number of halogens is 1. The molecule has 1 aromatic carbocycles. The Morgan fingerprint density at radius 2 is 2.24 bits per heavy atom. The molecule has 2 rings (SSSR count). The van der Waals surface area contributed by atoms with Crippen LogP contribution in [0.4, 0.5) is 4.39 Å². The van der Waals surface area contributed by atoms with Crippen molar-refractivity contribution >= 4 is 5.97 Å². The second-order valence-corrected chi connectivity index (χ2v) is 4.40. The van der Waals surface area contributed by atoms with Crippen molar-refractivity contribution in [3.05, 3.63) is 35.4 Å². The number of esters is 1. The van der Waals surface area contributed by atoms with E-state index in [9.17, 15) is 14.3 Å². The number of alkyl halides is 1. The summed E-state index contributed by atoms with van der Waals surface area (Å²) in [7, 11) is 0. The molecule has 92 valence electrons. The second-order valence-electron chi connectivity index (χ2n) is 4.40. The lowest BCUT2D eigenvalue weighted by molar-refractivity contribution is -0.156. The van der Waals surface area contributed by atoms with Gasteiger partial charge in [-0.05, 0) is 31.4 Å². The average Bonchev–Trinajstić information content (AvgIpc) is 2.59. The van der Waals surface area contributed by atoms with Gasteiger partial charge in [-0.1, -0.05) is 18.2 Å². The number of aryl methyl sites for hydroxylation is 1. The van der Waals surface area contributed by atoms with Crippen LogP contribution in [-0.2, 0) is 4.74 Å².